The Kier molecular flexibility index (Phi) is 3.92. The van der Waals surface area contributed by atoms with Crippen molar-refractivity contribution in [3.05, 3.63) is 48.5 Å². The van der Waals surface area contributed by atoms with Gasteiger partial charge in [0.15, 0.2) is 0 Å². The molecule has 0 unspecified atom stereocenters. The zero-order valence-electron chi connectivity index (χ0n) is 6.74. The molecule has 0 aliphatic carbocycles. The molecular formula is C10H11FO. The third-order valence-electron chi connectivity index (χ3n) is 1.50. The smallest absolute Gasteiger partial charge is 0.121 e. The van der Waals surface area contributed by atoms with E-state index in [0.717, 1.165) is 12.7 Å². The Labute approximate surface area is 71.5 Å². The summed E-state index contributed by atoms with van der Waals surface area (Å²) < 4.78 is 16.2. The summed E-state index contributed by atoms with van der Waals surface area (Å²) in [5.41, 5.74) is 1.20. The quantitative estimate of drug-likeness (QED) is 0.493. The molecule has 0 saturated heterocycles. The predicted octanol–water partition coefficient (Wildman–Crippen LogP) is 2.69. The Bertz CT molecular complexity index is 231. The summed E-state index contributed by atoms with van der Waals surface area (Å²) >= 11 is 0. The molecule has 1 aromatic rings. The second-order valence-corrected chi connectivity index (χ2v) is 2.37. The highest BCUT2D eigenvalue weighted by Gasteiger charge is 1.88. The Morgan fingerprint density at radius 3 is 2.67 bits per heavy atom. The second kappa shape index (κ2) is 5.35. The Hall–Kier alpha value is -1.31. The van der Waals surface area contributed by atoms with E-state index < -0.39 is 0 Å². The third-order valence-corrected chi connectivity index (χ3v) is 1.50. The van der Waals surface area contributed by atoms with Crippen molar-refractivity contribution in [2.45, 2.75) is 6.42 Å². The molecule has 0 heterocycles. The standard InChI is InChI=1S/C10H11FO/c11-7-9-12-8-6-10-4-2-1-3-5-10/h1-5,7,9H,6,8H2. The molecule has 1 rings (SSSR count). The second-order valence-electron chi connectivity index (χ2n) is 2.37. The first kappa shape index (κ1) is 8.78. The molecule has 2 heteroatoms. The molecule has 0 aliphatic rings. The highest BCUT2D eigenvalue weighted by molar-refractivity contribution is 5.14. The van der Waals surface area contributed by atoms with E-state index in [0.29, 0.717) is 12.9 Å². The van der Waals surface area contributed by atoms with Gasteiger partial charge < -0.3 is 4.74 Å². The van der Waals surface area contributed by atoms with Crippen molar-refractivity contribution < 1.29 is 9.13 Å². The van der Waals surface area contributed by atoms with Gasteiger partial charge in [-0.15, -0.1) is 0 Å². The van der Waals surface area contributed by atoms with Crippen LogP contribution in [0.5, 0.6) is 0 Å². The molecule has 12 heavy (non-hydrogen) atoms. The third kappa shape index (κ3) is 3.19. The molecule has 64 valence electrons. The van der Waals surface area contributed by atoms with Crippen molar-refractivity contribution in [2.24, 2.45) is 0 Å². The van der Waals surface area contributed by atoms with Crippen LogP contribution in [0.15, 0.2) is 42.9 Å². The van der Waals surface area contributed by atoms with E-state index in [1.807, 2.05) is 30.3 Å². The van der Waals surface area contributed by atoms with E-state index in [9.17, 15) is 4.39 Å². The molecule has 0 fully saturated rings. The van der Waals surface area contributed by atoms with Crippen molar-refractivity contribution in [3.63, 3.8) is 0 Å². The van der Waals surface area contributed by atoms with Crippen LogP contribution in [-0.2, 0) is 11.2 Å². The number of hydrogen-bond acceptors (Lipinski definition) is 1. The Morgan fingerprint density at radius 1 is 1.25 bits per heavy atom. The first-order valence-electron chi connectivity index (χ1n) is 3.84. The van der Waals surface area contributed by atoms with Crippen molar-refractivity contribution in [3.8, 4) is 0 Å². The maximum Gasteiger partial charge on any atom is 0.121 e. The number of hydrogen-bond donors (Lipinski definition) is 0. The van der Waals surface area contributed by atoms with E-state index in [-0.39, 0.29) is 0 Å². The fourth-order valence-electron chi connectivity index (χ4n) is 0.926. The minimum absolute atomic E-state index is 0.394. The monoisotopic (exact) mass is 166 g/mol. The molecule has 1 aromatic carbocycles. The lowest BCUT2D eigenvalue weighted by molar-refractivity contribution is 0.249. The topological polar surface area (TPSA) is 9.23 Å². The summed E-state index contributed by atoms with van der Waals surface area (Å²) in [5, 5.41) is 0. The van der Waals surface area contributed by atoms with Gasteiger partial charge in [0.2, 0.25) is 0 Å². The van der Waals surface area contributed by atoms with E-state index in [4.69, 9.17) is 4.74 Å². The molecule has 1 nitrogen and oxygen atoms in total. The molecule has 0 amide bonds. The lowest BCUT2D eigenvalue weighted by atomic mass is 10.2. The van der Waals surface area contributed by atoms with Crippen LogP contribution in [0.25, 0.3) is 0 Å². The summed E-state index contributed by atoms with van der Waals surface area (Å²) in [6, 6.07) is 9.94. The van der Waals surface area contributed by atoms with Gasteiger partial charge in [-0.25, -0.2) is 4.39 Å². The van der Waals surface area contributed by atoms with Crippen LogP contribution in [0.4, 0.5) is 4.39 Å². The van der Waals surface area contributed by atoms with Crippen molar-refractivity contribution >= 4 is 0 Å². The SMILES string of the molecule is FC=COCCc1ccccc1. The zero-order valence-corrected chi connectivity index (χ0v) is 6.74. The van der Waals surface area contributed by atoms with Gasteiger partial charge in [-0.05, 0) is 5.56 Å². The van der Waals surface area contributed by atoms with Gasteiger partial charge in [-0.2, -0.15) is 0 Å². The lowest BCUT2D eigenvalue weighted by Crippen LogP contribution is -1.92. The molecule has 0 bridgehead atoms. The maximum absolute atomic E-state index is 11.4. The van der Waals surface area contributed by atoms with E-state index in [1.54, 1.807) is 0 Å². The first-order chi connectivity index (χ1) is 5.93. The summed E-state index contributed by atoms with van der Waals surface area (Å²) in [6.07, 6.45) is 2.26. The fraction of sp³-hybridized carbons (Fsp3) is 0.200. The van der Waals surface area contributed by atoms with Gasteiger partial charge in [0.05, 0.1) is 6.61 Å². The fourth-order valence-corrected chi connectivity index (χ4v) is 0.926. The highest BCUT2D eigenvalue weighted by Crippen LogP contribution is 1.99. The van der Waals surface area contributed by atoms with Crippen LogP contribution in [0.3, 0.4) is 0 Å². The highest BCUT2D eigenvalue weighted by atomic mass is 19.1. The van der Waals surface area contributed by atoms with Crippen molar-refractivity contribution in [1.82, 2.24) is 0 Å². The average molecular weight is 166 g/mol. The van der Waals surface area contributed by atoms with E-state index >= 15 is 0 Å². The van der Waals surface area contributed by atoms with Crippen molar-refractivity contribution in [1.29, 1.82) is 0 Å². The summed E-state index contributed by atoms with van der Waals surface area (Å²) in [6.45, 7) is 0.518. The van der Waals surface area contributed by atoms with Gasteiger partial charge in [-0.1, -0.05) is 30.3 Å². The molecule has 0 radical (unpaired) electrons. The van der Waals surface area contributed by atoms with Crippen LogP contribution in [0.1, 0.15) is 5.56 Å². The summed E-state index contributed by atoms with van der Waals surface area (Å²) in [7, 11) is 0. The van der Waals surface area contributed by atoms with Gasteiger partial charge in [0.1, 0.15) is 12.6 Å². The van der Waals surface area contributed by atoms with Crippen LogP contribution in [0, 0.1) is 0 Å². The molecule has 0 atom stereocenters. The lowest BCUT2D eigenvalue weighted by Gasteiger charge is -1.99. The number of ether oxygens (including phenoxy) is 1. The van der Waals surface area contributed by atoms with E-state index in [1.165, 1.54) is 5.56 Å². The van der Waals surface area contributed by atoms with Crippen LogP contribution >= 0.6 is 0 Å². The minimum Gasteiger partial charge on any atom is -0.498 e. The van der Waals surface area contributed by atoms with Gasteiger partial charge in [0, 0.05) is 6.42 Å². The van der Waals surface area contributed by atoms with Crippen LogP contribution in [0.2, 0.25) is 0 Å². The van der Waals surface area contributed by atoms with Gasteiger partial charge in [-0.3, -0.25) is 0 Å². The van der Waals surface area contributed by atoms with Crippen molar-refractivity contribution in [2.75, 3.05) is 6.61 Å². The van der Waals surface area contributed by atoms with E-state index in [2.05, 4.69) is 0 Å². The number of halogens is 1. The molecule has 0 N–H and O–H groups in total. The predicted molar refractivity (Wildman–Crippen MR) is 46.3 cm³/mol. The van der Waals surface area contributed by atoms with Gasteiger partial charge in [0.25, 0.3) is 0 Å². The molecule has 0 saturated carbocycles. The number of rotatable bonds is 4. The molecule has 0 aromatic heterocycles. The molecule has 0 aliphatic heterocycles. The molecule has 0 spiro atoms. The average Bonchev–Trinajstić information content (AvgIpc) is 2.14. The molecular weight excluding hydrogens is 155 g/mol. The van der Waals surface area contributed by atoms with Crippen LogP contribution < -0.4 is 0 Å². The normalized spacial score (nSPS) is 10.4. The maximum atomic E-state index is 11.4. The Balaban J connectivity index is 2.24. The Morgan fingerprint density at radius 2 is 2.00 bits per heavy atom. The largest absolute Gasteiger partial charge is 0.498 e. The number of benzene rings is 1. The van der Waals surface area contributed by atoms with Gasteiger partial charge >= 0.3 is 0 Å². The minimum atomic E-state index is 0.394. The first-order valence-corrected chi connectivity index (χ1v) is 3.84. The summed E-state index contributed by atoms with van der Waals surface area (Å²) in [5.74, 6) is 0. The summed E-state index contributed by atoms with van der Waals surface area (Å²) in [4.78, 5) is 0. The zero-order chi connectivity index (χ0) is 8.65. The van der Waals surface area contributed by atoms with Crippen LogP contribution in [-0.4, -0.2) is 6.61 Å².